The zero-order valence-electron chi connectivity index (χ0n) is 11.9. The minimum atomic E-state index is -0.138. The molecule has 21 heavy (non-hydrogen) atoms. The van der Waals surface area contributed by atoms with Crippen LogP contribution >= 0.6 is 11.6 Å². The normalized spacial score (nSPS) is 19.4. The van der Waals surface area contributed by atoms with Crippen molar-refractivity contribution in [1.82, 2.24) is 15.3 Å². The molecular formula is C16H18ClN3O. The molecule has 5 heteroatoms. The highest BCUT2D eigenvalue weighted by Crippen LogP contribution is 2.32. The first-order valence-corrected chi connectivity index (χ1v) is 7.52. The SMILES string of the molecule is Cc1cc(Cl)ccc1OC(c1ncccn1)C1CCNC1. The van der Waals surface area contributed by atoms with E-state index in [1.165, 1.54) is 0 Å². The molecule has 2 heterocycles. The molecule has 2 unspecified atom stereocenters. The van der Waals surface area contributed by atoms with Crippen LogP contribution in [0.5, 0.6) is 5.75 Å². The van der Waals surface area contributed by atoms with Gasteiger partial charge in [-0.2, -0.15) is 0 Å². The molecule has 1 N–H and O–H groups in total. The van der Waals surface area contributed by atoms with Crippen molar-refractivity contribution in [1.29, 1.82) is 0 Å². The van der Waals surface area contributed by atoms with Crippen LogP contribution < -0.4 is 10.1 Å². The summed E-state index contributed by atoms with van der Waals surface area (Å²) in [4.78, 5) is 8.75. The maximum atomic E-state index is 6.25. The summed E-state index contributed by atoms with van der Waals surface area (Å²) in [5.74, 6) is 1.95. The second-order valence-corrected chi connectivity index (χ2v) is 5.74. The fourth-order valence-corrected chi connectivity index (χ4v) is 2.86. The fraction of sp³-hybridized carbons (Fsp3) is 0.375. The van der Waals surface area contributed by atoms with Gasteiger partial charge in [-0.1, -0.05) is 11.6 Å². The van der Waals surface area contributed by atoms with Gasteiger partial charge in [0, 0.05) is 29.9 Å². The predicted octanol–water partition coefficient (Wildman–Crippen LogP) is 3.17. The summed E-state index contributed by atoms with van der Waals surface area (Å²) < 4.78 is 6.25. The van der Waals surface area contributed by atoms with Crippen LogP contribution in [0.1, 0.15) is 23.9 Å². The first-order valence-electron chi connectivity index (χ1n) is 7.14. The summed E-state index contributed by atoms with van der Waals surface area (Å²) in [5, 5.41) is 4.09. The molecular weight excluding hydrogens is 286 g/mol. The Labute approximate surface area is 129 Å². The first-order chi connectivity index (χ1) is 10.2. The molecule has 4 nitrogen and oxygen atoms in total. The van der Waals surface area contributed by atoms with Crippen LogP contribution in [0.25, 0.3) is 0 Å². The third-order valence-electron chi connectivity index (χ3n) is 3.76. The second kappa shape index (κ2) is 6.41. The number of hydrogen-bond acceptors (Lipinski definition) is 4. The lowest BCUT2D eigenvalue weighted by Crippen LogP contribution is -2.23. The van der Waals surface area contributed by atoms with Gasteiger partial charge in [-0.25, -0.2) is 9.97 Å². The number of ether oxygens (including phenoxy) is 1. The number of halogens is 1. The molecule has 1 aromatic carbocycles. The minimum absolute atomic E-state index is 0.138. The van der Waals surface area contributed by atoms with Crippen molar-refractivity contribution in [2.45, 2.75) is 19.4 Å². The molecule has 0 bridgehead atoms. The summed E-state index contributed by atoms with van der Waals surface area (Å²) in [7, 11) is 0. The van der Waals surface area contributed by atoms with Crippen LogP contribution in [-0.2, 0) is 0 Å². The van der Waals surface area contributed by atoms with Crippen molar-refractivity contribution < 1.29 is 4.74 Å². The van der Waals surface area contributed by atoms with Crippen molar-refractivity contribution in [2.75, 3.05) is 13.1 Å². The van der Waals surface area contributed by atoms with E-state index in [0.717, 1.165) is 41.7 Å². The molecule has 1 fully saturated rings. The Morgan fingerprint density at radius 2 is 2.14 bits per heavy atom. The van der Waals surface area contributed by atoms with E-state index in [1.807, 2.05) is 31.2 Å². The van der Waals surface area contributed by atoms with Gasteiger partial charge in [-0.15, -0.1) is 0 Å². The highest BCUT2D eigenvalue weighted by atomic mass is 35.5. The molecule has 1 aromatic heterocycles. The summed E-state index contributed by atoms with van der Waals surface area (Å²) >= 11 is 6.01. The highest BCUT2D eigenvalue weighted by molar-refractivity contribution is 6.30. The van der Waals surface area contributed by atoms with Gasteiger partial charge in [0.05, 0.1) is 0 Å². The third kappa shape index (κ3) is 3.34. The zero-order valence-corrected chi connectivity index (χ0v) is 12.7. The smallest absolute Gasteiger partial charge is 0.169 e. The Morgan fingerprint density at radius 1 is 1.33 bits per heavy atom. The van der Waals surface area contributed by atoms with E-state index in [-0.39, 0.29) is 6.10 Å². The van der Waals surface area contributed by atoms with E-state index >= 15 is 0 Å². The Bertz CT molecular complexity index is 600. The van der Waals surface area contributed by atoms with Gasteiger partial charge in [-0.3, -0.25) is 0 Å². The van der Waals surface area contributed by atoms with Crippen molar-refractivity contribution >= 4 is 11.6 Å². The number of benzene rings is 1. The molecule has 0 saturated carbocycles. The van der Waals surface area contributed by atoms with Crippen molar-refractivity contribution in [3.63, 3.8) is 0 Å². The molecule has 0 radical (unpaired) electrons. The Balaban J connectivity index is 1.88. The van der Waals surface area contributed by atoms with Gasteiger partial charge in [0.15, 0.2) is 11.9 Å². The molecule has 2 aromatic rings. The zero-order chi connectivity index (χ0) is 14.7. The fourth-order valence-electron chi connectivity index (χ4n) is 2.63. The lowest BCUT2D eigenvalue weighted by Gasteiger charge is -2.24. The van der Waals surface area contributed by atoms with Gasteiger partial charge in [0.25, 0.3) is 0 Å². The number of nitrogens with one attached hydrogen (secondary N) is 1. The highest BCUT2D eigenvalue weighted by Gasteiger charge is 2.30. The van der Waals surface area contributed by atoms with Crippen molar-refractivity contribution in [3.8, 4) is 5.75 Å². The second-order valence-electron chi connectivity index (χ2n) is 5.31. The average molecular weight is 304 g/mol. The number of aromatic nitrogens is 2. The van der Waals surface area contributed by atoms with Crippen molar-refractivity contribution in [2.24, 2.45) is 5.92 Å². The standard InChI is InChI=1S/C16H18ClN3O/c1-11-9-13(17)3-4-14(11)21-15(12-5-8-18-10-12)16-19-6-2-7-20-16/h2-4,6-7,9,12,15,18H,5,8,10H2,1H3. The topological polar surface area (TPSA) is 47.0 Å². The van der Waals surface area contributed by atoms with Gasteiger partial charge < -0.3 is 10.1 Å². The van der Waals surface area contributed by atoms with Crippen LogP contribution in [0.15, 0.2) is 36.7 Å². The first kappa shape index (κ1) is 14.3. The summed E-state index contributed by atoms with van der Waals surface area (Å²) in [6.45, 7) is 3.93. The number of rotatable bonds is 4. The lowest BCUT2D eigenvalue weighted by atomic mass is 10.0. The maximum absolute atomic E-state index is 6.25. The average Bonchev–Trinajstić information content (AvgIpc) is 3.01. The minimum Gasteiger partial charge on any atom is -0.482 e. The van der Waals surface area contributed by atoms with Gasteiger partial charge in [0.2, 0.25) is 0 Å². The van der Waals surface area contributed by atoms with Gasteiger partial charge >= 0.3 is 0 Å². The molecule has 0 amide bonds. The summed E-state index contributed by atoms with van der Waals surface area (Å²) in [5.41, 5.74) is 1.02. The van der Waals surface area contributed by atoms with E-state index < -0.39 is 0 Å². The number of nitrogens with zero attached hydrogens (tertiary/aromatic N) is 2. The van der Waals surface area contributed by atoms with E-state index in [1.54, 1.807) is 12.4 Å². The molecule has 110 valence electrons. The van der Waals surface area contributed by atoms with Crippen LogP contribution in [0, 0.1) is 12.8 Å². The molecule has 0 aliphatic carbocycles. The van der Waals surface area contributed by atoms with Crippen LogP contribution in [0.4, 0.5) is 0 Å². The van der Waals surface area contributed by atoms with E-state index in [9.17, 15) is 0 Å². The maximum Gasteiger partial charge on any atom is 0.169 e. The Hall–Kier alpha value is -1.65. The molecule has 3 rings (SSSR count). The number of aryl methyl sites for hydroxylation is 1. The third-order valence-corrected chi connectivity index (χ3v) is 3.99. The summed E-state index contributed by atoms with van der Waals surface area (Å²) in [6.07, 6.45) is 4.45. The summed E-state index contributed by atoms with van der Waals surface area (Å²) in [6, 6.07) is 7.49. The Morgan fingerprint density at radius 3 is 2.81 bits per heavy atom. The molecule has 2 atom stereocenters. The lowest BCUT2D eigenvalue weighted by molar-refractivity contribution is 0.134. The van der Waals surface area contributed by atoms with Crippen LogP contribution in [0.2, 0.25) is 5.02 Å². The van der Waals surface area contributed by atoms with E-state index in [4.69, 9.17) is 16.3 Å². The molecule has 1 aliphatic heterocycles. The van der Waals surface area contributed by atoms with Crippen molar-refractivity contribution in [3.05, 3.63) is 53.1 Å². The monoisotopic (exact) mass is 303 g/mol. The number of hydrogen-bond donors (Lipinski definition) is 1. The predicted molar refractivity (Wildman–Crippen MR) is 82.6 cm³/mol. The molecule has 0 spiro atoms. The molecule has 1 aliphatic rings. The van der Waals surface area contributed by atoms with Crippen LogP contribution in [0.3, 0.4) is 0 Å². The van der Waals surface area contributed by atoms with E-state index in [0.29, 0.717) is 5.92 Å². The van der Waals surface area contributed by atoms with E-state index in [2.05, 4.69) is 15.3 Å². The largest absolute Gasteiger partial charge is 0.482 e. The Kier molecular flexibility index (Phi) is 4.36. The van der Waals surface area contributed by atoms with Gasteiger partial charge in [-0.05, 0) is 49.7 Å². The van der Waals surface area contributed by atoms with Crippen LogP contribution in [-0.4, -0.2) is 23.1 Å². The molecule has 1 saturated heterocycles. The van der Waals surface area contributed by atoms with Gasteiger partial charge in [0.1, 0.15) is 5.75 Å². The quantitative estimate of drug-likeness (QED) is 0.942.